The molecule has 0 saturated heterocycles. The lowest BCUT2D eigenvalue weighted by molar-refractivity contribution is 0.446. The van der Waals surface area contributed by atoms with E-state index in [1.807, 2.05) is 45.0 Å². The molecule has 0 amide bonds. The van der Waals surface area contributed by atoms with E-state index in [9.17, 15) is 5.11 Å². The van der Waals surface area contributed by atoms with Crippen LogP contribution >= 0.6 is 0 Å². The van der Waals surface area contributed by atoms with Gasteiger partial charge in [0.25, 0.3) is 0 Å². The first-order chi connectivity index (χ1) is 48.0. The Morgan fingerprint density at radius 2 is 0.987 bits per heavy atom. The Kier molecular flexibility index (Phi) is 6.66. The van der Waals surface area contributed by atoms with E-state index in [0.717, 1.165) is 10.1 Å². The van der Waals surface area contributed by atoms with Crippen LogP contribution < -0.4 is 0 Å². The fourth-order valence-electron chi connectivity index (χ4n) is 9.44. The molecule has 75 heavy (non-hydrogen) atoms. The molecule has 4 nitrogen and oxygen atoms in total. The number of phenols is 1. The Hall–Kier alpha value is -7.82. The number of fused-ring (bicyclic) bond motifs is 1. The van der Waals surface area contributed by atoms with E-state index in [0.29, 0.717) is 45.0 Å². The zero-order chi connectivity index (χ0) is 78.2. The summed E-state index contributed by atoms with van der Waals surface area (Å²) >= 11 is 0. The van der Waals surface area contributed by atoms with Crippen molar-refractivity contribution < 1.29 is 46.2 Å². The SMILES string of the molecule is [2H]C([2H])([2H])c1cc(-c2ccccc2)ccc1-n1c(-c2cc(C(C([2H])([2H])[2H])(C([2H])([2H])[2H])C([2H])([2H])[2H])cc(C(C([2H])([2H])[2H])(C([2H])([2H])[2H])C([2H])([2H])[2H])c2O)nc2c(-c3cc(-c4ccc(C(C)(C)C)cc4)cc(-c4cc(-c5cc(-c6ccccc6)cc(C(C([2H])([2H])[2H])(C([2H])([2H])[2H])C([2H])([2H])[2H])c5)ccn4)c3)cccc21. The summed E-state index contributed by atoms with van der Waals surface area (Å²) in [5.41, 5.74) is -12.8. The maximum atomic E-state index is 13.2. The highest BCUT2D eigenvalue weighted by atomic mass is 16.3. The Bertz CT molecular complexity index is 4800. The lowest BCUT2D eigenvalue weighted by atomic mass is 9.79. The number of benzene rings is 8. The third-order valence-electron chi connectivity index (χ3n) is 13.4. The third-order valence-corrected chi connectivity index (χ3v) is 13.4. The van der Waals surface area contributed by atoms with Crippen LogP contribution in [0.5, 0.6) is 5.75 Å². The van der Waals surface area contributed by atoms with Gasteiger partial charge in [0.05, 0.1) is 28.0 Å². The summed E-state index contributed by atoms with van der Waals surface area (Å²) in [6.45, 7) is -33.5. The highest BCUT2D eigenvalue weighted by Crippen LogP contribution is 2.46. The second-order valence-corrected chi connectivity index (χ2v) is 19.9. The lowest BCUT2D eigenvalue weighted by Gasteiger charge is -2.27. The van der Waals surface area contributed by atoms with Gasteiger partial charge in [-0.05, 0) is 162 Å². The fourth-order valence-corrected chi connectivity index (χ4v) is 9.44. The molecule has 4 heteroatoms. The average Bonchev–Trinajstić information content (AvgIpc) is 1.25. The Labute approximate surface area is 488 Å². The van der Waals surface area contributed by atoms with Gasteiger partial charge in [0.15, 0.2) is 0 Å². The molecule has 0 radical (unpaired) electrons. The molecule has 0 aliphatic rings. The monoisotopic (exact) mass is 1010 g/mol. The molecule has 376 valence electrons. The second-order valence-electron chi connectivity index (χ2n) is 19.9. The minimum Gasteiger partial charge on any atom is -0.507 e. The van der Waals surface area contributed by atoms with Crippen LogP contribution in [-0.2, 0) is 21.7 Å². The highest BCUT2D eigenvalue weighted by molar-refractivity contribution is 5.98. The van der Waals surface area contributed by atoms with Crippen molar-refractivity contribution in [2.24, 2.45) is 0 Å². The molecule has 10 rings (SSSR count). The molecule has 2 aromatic heterocycles. The number of pyridine rings is 1. The molecule has 0 aliphatic carbocycles. The third kappa shape index (κ3) is 10.2. The van der Waals surface area contributed by atoms with Crippen LogP contribution in [-0.4, -0.2) is 19.6 Å². The Balaban J connectivity index is 1.37. The van der Waals surface area contributed by atoms with Crippen molar-refractivity contribution in [3.05, 3.63) is 216 Å². The van der Waals surface area contributed by atoms with E-state index in [1.165, 1.54) is 48.7 Å². The van der Waals surface area contributed by atoms with Crippen molar-refractivity contribution in [1.82, 2.24) is 14.5 Å². The summed E-state index contributed by atoms with van der Waals surface area (Å²) in [5, 5.41) is 13.2. The first-order valence-electron chi connectivity index (χ1n) is 39.0. The average molecular weight is 1010 g/mol. The van der Waals surface area contributed by atoms with E-state index in [2.05, 4.69) is 0 Å². The van der Waals surface area contributed by atoms with Gasteiger partial charge in [0, 0.05) is 64.0 Å². The summed E-state index contributed by atoms with van der Waals surface area (Å²) in [5.74, 6) is -2.34. The van der Waals surface area contributed by atoms with E-state index >= 15 is 0 Å². The predicted octanol–water partition coefficient (Wildman–Crippen LogP) is 19.3. The van der Waals surface area contributed by atoms with Crippen molar-refractivity contribution in [2.75, 3.05) is 0 Å². The van der Waals surface area contributed by atoms with Gasteiger partial charge in [-0.25, -0.2) is 4.98 Å². The van der Waals surface area contributed by atoms with E-state index in [4.69, 9.17) is 51.1 Å². The first kappa shape index (κ1) is 26.1. The molecule has 0 saturated carbocycles. The van der Waals surface area contributed by atoms with Crippen LogP contribution in [0.15, 0.2) is 188 Å². The number of aryl methyl sites for hydroxylation is 1. The first-order valence-corrected chi connectivity index (χ1v) is 24.0. The molecular formula is C71H71N3O. The lowest BCUT2D eigenvalue weighted by Crippen LogP contribution is -2.17. The molecule has 0 fully saturated rings. The minimum atomic E-state index is -4.33. The molecule has 1 N–H and O–H groups in total. The standard InChI is InChI=1S/C71H71N3O/c1-45-35-49(46-21-16-14-17-22-46)29-32-63(45)74-64-26-20-25-59(65(64)73-67(74)60-43-58(70(8,9)10)44-61(66(60)75)71(11,12)13)54-37-51(48-27-30-56(31-28-48)68(2,3)4)38-55(39-54)62-42-50(33-34-72-62)53-36-52(47-23-18-15-19-24-47)40-57(41-53)69(5,6)7/h14-44,75H,1-13H3/i1D3,5D3,6D3,7D3,8D3,9D3,10D3,11D3,12D3,13D3. The van der Waals surface area contributed by atoms with Crippen molar-refractivity contribution in [1.29, 1.82) is 0 Å². The Morgan fingerprint density at radius 1 is 0.427 bits per heavy atom. The van der Waals surface area contributed by atoms with Crippen molar-refractivity contribution >= 4 is 11.0 Å². The minimum absolute atomic E-state index is 0.0905. The second kappa shape index (κ2) is 19.1. The van der Waals surface area contributed by atoms with Crippen LogP contribution in [0.3, 0.4) is 0 Å². The number of rotatable bonds is 8. The summed E-state index contributed by atoms with van der Waals surface area (Å²) in [4.78, 5) is 9.87. The molecule has 8 aromatic carbocycles. The maximum Gasteiger partial charge on any atom is 0.149 e. The Morgan fingerprint density at radius 3 is 1.64 bits per heavy atom. The van der Waals surface area contributed by atoms with Gasteiger partial charge >= 0.3 is 0 Å². The van der Waals surface area contributed by atoms with Gasteiger partial charge in [0.2, 0.25) is 0 Å². The summed E-state index contributed by atoms with van der Waals surface area (Å²) < 4.78 is 266. The number of nitrogens with zero attached hydrogens (tertiary/aromatic N) is 3. The molecule has 0 atom stereocenters. The van der Waals surface area contributed by atoms with Crippen LogP contribution in [0.25, 0.3) is 95.0 Å². The highest BCUT2D eigenvalue weighted by Gasteiger charge is 2.29. The predicted molar refractivity (Wildman–Crippen MR) is 318 cm³/mol. The number of imidazole rings is 1. The van der Waals surface area contributed by atoms with Crippen molar-refractivity contribution in [3.8, 4) is 89.7 Å². The number of hydrogen-bond donors (Lipinski definition) is 1. The van der Waals surface area contributed by atoms with Gasteiger partial charge < -0.3 is 5.11 Å². The maximum absolute atomic E-state index is 13.2. The van der Waals surface area contributed by atoms with Gasteiger partial charge in [-0.3, -0.25) is 9.55 Å². The summed E-state index contributed by atoms with van der Waals surface area (Å²) in [7, 11) is 0. The zero-order valence-electron chi connectivity index (χ0n) is 71.2. The van der Waals surface area contributed by atoms with Gasteiger partial charge in [-0.15, -0.1) is 0 Å². The number of aromatic hydroxyl groups is 1. The quantitative estimate of drug-likeness (QED) is 0.165. The molecule has 10 aromatic rings. The molecule has 0 bridgehead atoms. The topological polar surface area (TPSA) is 50.9 Å². The van der Waals surface area contributed by atoms with Gasteiger partial charge in [-0.1, -0.05) is 204 Å². The van der Waals surface area contributed by atoms with E-state index in [1.54, 1.807) is 103 Å². The largest absolute Gasteiger partial charge is 0.507 e. The molecule has 2 heterocycles. The van der Waals surface area contributed by atoms with Crippen LogP contribution in [0.1, 0.15) is 151 Å². The zero-order valence-corrected chi connectivity index (χ0v) is 41.2. The molecular weight excluding hydrogens is 911 g/mol. The summed E-state index contributed by atoms with van der Waals surface area (Å²) in [6.07, 6.45) is 1.42. The van der Waals surface area contributed by atoms with Crippen molar-refractivity contribution in [3.63, 3.8) is 0 Å². The van der Waals surface area contributed by atoms with Gasteiger partial charge in [0.1, 0.15) is 11.6 Å². The molecule has 0 unspecified atom stereocenters. The van der Waals surface area contributed by atoms with Crippen LogP contribution in [0, 0.1) is 6.85 Å². The van der Waals surface area contributed by atoms with Gasteiger partial charge in [-0.2, -0.15) is 0 Å². The van der Waals surface area contributed by atoms with E-state index < -0.39 is 124 Å². The van der Waals surface area contributed by atoms with Crippen LogP contribution in [0.2, 0.25) is 0 Å². The smallest absolute Gasteiger partial charge is 0.149 e. The number of phenolic OH excluding ortho intramolecular Hbond substituents is 1. The van der Waals surface area contributed by atoms with E-state index in [-0.39, 0.29) is 56.1 Å². The molecule has 0 aliphatic heterocycles. The fraction of sp³-hybridized carbons (Fsp3) is 0.239. The normalized spacial score (nSPS) is 20.0. The molecule has 0 spiro atoms. The summed E-state index contributed by atoms with van der Waals surface area (Å²) in [6, 6.07) is 46.3. The number of aromatic nitrogens is 3. The van der Waals surface area contributed by atoms with Crippen LogP contribution in [0.4, 0.5) is 0 Å². The number of para-hydroxylation sites is 1. The van der Waals surface area contributed by atoms with Crippen molar-refractivity contribution in [2.45, 2.75) is 111 Å². The number of hydrogen-bond acceptors (Lipinski definition) is 3.